The van der Waals surface area contributed by atoms with Crippen LogP contribution in [0, 0.1) is 0 Å². The van der Waals surface area contributed by atoms with Crippen molar-refractivity contribution in [2.75, 3.05) is 0 Å². The normalized spacial score (nSPS) is 11.1. The number of hydrogen-bond donors (Lipinski definition) is 0. The van der Waals surface area contributed by atoms with Crippen molar-refractivity contribution in [1.29, 1.82) is 0 Å². The molecule has 4 aromatic rings. The van der Waals surface area contributed by atoms with Gasteiger partial charge in [-0.15, -0.1) is 10.2 Å². The van der Waals surface area contributed by atoms with Crippen LogP contribution in [-0.4, -0.2) is 24.9 Å². The van der Waals surface area contributed by atoms with Crippen LogP contribution in [0.4, 0.5) is 0 Å². The third-order valence-electron chi connectivity index (χ3n) is 3.64. The van der Waals surface area contributed by atoms with E-state index in [0.29, 0.717) is 17.3 Å². The van der Waals surface area contributed by atoms with E-state index in [1.165, 1.54) is 0 Å². The zero-order valence-corrected chi connectivity index (χ0v) is 14.3. The van der Waals surface area contributed by atoms with Gasteiger partial charge in [-0.3, -0.25) is 4.98 Å². The van der Waals surface area contributed by atoms with Crippen LogP contribution < -0.4 is 0 Å². The first-order chi connectivity index (χ1) is 12.3. The van der Waals surface area contributed by atoms with E-state index < -0.39 is 0 Å². The summed E-state index contributed by atoms with van der Waals surface area (Å²) < 4.78 is 12.7. The zero-order valence-electron chi connectivity index (χ0n) is 13.5. The summed E-state index contributed by atoms with van der Waals surface area (Å²) in [5, 5.41) is 13.6. The summed E-state index contributed by atoms with van der Waals surface area (Å²) in [6.07, 6.45) is 5.11. The van der Waals surface area contributed by atoms with Crippen LogP contribution in [0.1, 0.15) is 12.6 Å². The van der Waals surface area contributed by atoms with Gasteiger partial charge in [0.15, 0.2) is 16.7 Å². The highest BCUT2D eigenvalue weighted by atomic mass is 32.2. The lowest BCUT2D eigenvalue weighted by Gasteiger charge is -2.06. The summed E-state index contributed by atoms with van der Waals surface area (Å²) in [5.41, 5.74) is 1.82. The molecule has 0 aliphatic carbocycles. The molecule has 0 saturated heterocycles. The van der Waals surface area contributed by atoms with Crippen molar-refractivity contribution >= 4 is 11.8 Å². The fourth-order valence-electron chi connectivity index (χ4n) is 2.45. The first-order valence-corrected chi connectivity index (χ1v) is 8.79. The monoisotopic (exact) mass is 353 g/mol. The number of furan rings is 1. The fraction of sp³-hybridized carbons (Fsp3) is 0.176. The van der Waals surface area contributed by atoms with Gasteiger partial charge in [-0.1, -0.05) is 16.9 Å². The standard InChI is InChI=1S/C17H15N5O2S/c1-2-22-16(12-5-7-18-8-6-12)19-20-17(22)25-11-13-10-15(24-21-13)14-4-3-9-23-14/h3-10H,2,11H2,1H3. The quantitative estimate of drug-likeness (QED) is 0.486. The van der Waals surface area contributed by atoms with Crippen molar-refractivity contribution in [3.8, 4) is 22.9 Å². The molecule has 0 bridgehead atoms. The number of aromatic nitrogens is 5. The Kier molecular flexibility index (Phi) is 4.34. The van der Waals surface area contributed by atoms with Crippen molar-refractivity contribution in [2.24, 2.45) is 0 Å². The molecule has 0 aliphatic rings. The first-order valence-electron chi connectivity index (χ1n) is 7.81. The van der Waals surface area contributed by atoms with Crippen LogP contribution >= 0.6 is 11.8 Å². The second-order valence-corrected chi connectivity index (χ2v) is 6.18. The van der Waals surface area contributed by atoms with Gasteiger partial charge in [0.25, 0.3) is 0 Å². The summed E-state index contributed by atoms with van der Waals surface area (Å²) in [4.78, 5) is 4.04. The van der Waals surface area contributed by atoms with Crippen molar-refractivity contribution in [2.45, 2.75) is 24.4 Å². The van der Waals surface area contributed by atoms with Crippen LogP contribution in [0.15, 0.2) is 63.1 Å². The molecule has 4 rings (SSSR count). The maximum atomic E-state index is 5.32. The van der Waals surface area contributed by atoms with E-state index in [4.69, 9.17) is 8.94 Å². The molecule has 25 heavy (non-hydrogen) atoms. The van der Waals surface area contributed by atoms with Gasteiger partial charge < -0.3 is 13.5 Å². The highest BCUT2D eigenvalue weighted by Crippen LogP contribution is 2.27. The second kappa shape index (κ2) is 6.94. The summed E-state index contributed by atoms with van der Waals surface area (Å²) in [5.74, 6) is 2.76. The third-order valence-corrected chi connectivity index (χ3v) is 4.64. The maximum absolute atomic E-state index is 5.32. The second-order valence-electron chi connectivity index (χ2n) is 5.23. The highest BCUT2D eigenvalue weighted by Gasteiger charge is 2.15. The molecule has 0 amide bonds. The van der Waals surface area contributed by atoms with Crippen LogP contribution in [0.2, 0.25) is 0 Å². The third kappa shape index (κ3) is 3.20. The van der Waals surface area contributed by atoms with E-state index in [1.807, 2.05) is 30.3 Å². The Hall–Kier alpha value is -2.87. The van der Waals surface area contributed by atoms with E-state index >= 15 is 0 Å². The predicted molar refractivity (Wildman–Crippen MR) is 92.7 cm³/mol. The van der Waals surface area contributed by atoms with Crippen LogP contribution in [-0.2, 0) is 12.3 Å². The minimum atomic E-state index is 0.620. The van der Waals surface area contributed by atoms with Crippen molar-refractivity contribution in [3.05, 3.63) is 54.7 Å². The molecule has 8 heteroatoms. The average molecular weight is 353 g/mol. The Bertz CT molecular complexity index is 947. The number of nitrogens with zero attached hydrogens (tertiary/aromatic N) is 5. The molecular formula is C17H15N5O2S. The maximum Gasteiger partial charge on any atom is 0.202 e. The molecule has 7 nitrogen and oxygen atoms in total. The van der Waals surface area contributed by atoms with Crippen LogP contribution in [0.3, 0.4) is 0 Å². The van der Waals surface area contributed by atoms with Gasteiger partial charge in [-0.2, -0.15) is 0 Å². The van der Waals surface area contributed by atoms with Gasteiger partial charge in [-0.05, 0) is 31.2 Å². The van der Waals surface area contributed by atoms with E-state index in [2.05, 4.69) is 31.8 Å². The minimum Gasteiger partial charge on any atom is -0.461 e. The van der Waals surface area contributed by atoms with Crippen LogP contribution in [0.25, 0.3) is 22.9 Å². The molecule has 4 heterocycles. The topological polar surface area (TPSA) is 82.8 Å². The molecule has 0 N–H and O–H groups in total. The minimum absolute atomic E-state index is 0.620. The van der Waals surface area contributed by atoms with Gasteiger partial charge in [0.2, 0.25) is 5.76 Å². The molecule has 4 aromatic heterocycles. The van der Waals surface area contributed by atoms with Crippen molar-refractivity contribution in [3.63, 3.8) is 0 Å². The van der Waals surface area contributed by atoms with Crippen LogP contribution in [0.5, 0.6) is 0 Å². The van der Waals surface area contributed by atoms with Gasteiger partial charge in [-0.25, -0.2) is 0 Å². The molecule has 0 fully saturated rings. The molecule has 0 spiro atoms. The Morgan fingerprint density at radius 3 is 2.76 bits per heavy atom. The van der Waals surface area contributed by atoms with Crippen molar-refractivity contribution < 1.29 is 8.94 Å². The van der Waals surface area contributed by atoms with Gasteiger partial charge in [0.1, 0.15) is 0 Å². The van der Waals surface area contributed by atoms with E-state index in [1.54, 1.807) is 30.4 Å². The molecule has 0 saturated carbocycles. The largest absolute Gasteiger partial charge is 0.461 e. The predicted octanol–water partition coefficient (Wildman–Crippen LogP) is 3.90. The van der Waals surface area contributed by atoms with Gasteiger partial charge in [0, 0.05) is 36.3 Å². The molecule has 0 atom stereocenters. The Morgan fingerprint density at radius 2 is 2.00 bits per heavy atom. The zero-order chi connectivity index (χ0) is 17.1. The fourth-order valence-corrected chi connectivity index (χ4v) is 3.33. The number of hydrogen-bond acceptors (Lipinski definition) is 7. The lowest BCUT2D eigenvalue weighted by atomic mass is 10.2. The van der Waals surface area contributed by atoms with E-state index in [-0.39, 0.29) is 0 Å². The summed E-state index contributed by atoms with van der Waals surface area (Å²) in [7, 11) is 0. The molecule has 0 aliphatic heterocycles. The smallest absolute Gasteiger partial charge is 0.202 e. The summed E-state index contributed by atoms with van der Waals surface area (Å²) in [6.45, 7) is 2.85. The molecular weight excluding hydrogens is 338 g/mol. The lowest BCUT2D eigenvalue weighted by Crippen LogP contribution is -2.00. The summed E-state index contributed by atoms with van der Waals surface area (Å²) >= 11 is 1.57. The first kappa shape index (κ1) is 15.6. The number of rotatable bonds is 6. The Morgan fingerprint density at radius 1 is 1.12 bits per heavy atom. The average Bonchev–Trinajstić information content (AvgIpc) is 3.39. The number of pyridine rings is 1. The molecule has 0 radical (unpaired) electrons. The molecule has 126 valence electrons. The molecule has 0 aromatic carbocycles. The van der Waals surface area contributed by atoms with Crippen molar-refractivity contribution in [1.82, 2.24) is 24.9 Å². The molecule has 0 unspecified atom stereocenters. The van der Waals surface area contributed by atoms with Gasteiger partial charge in [0.05, 0.1) is 12.0 Å². The SMILES string of the molecule is CCn1c(SCc2cc(-c3ccco3)on2)nnc1-c1ccncc1. The number of thioether (sulfide) groups is 1. The Labute approximate surface area is 148 Å². The Balaban J connectivity index is 1.51. The van der Waals surface area contributed by atoms with Gasteiger partial charge >= 0.3 is 0 Å². The highest BCUT2D eigenvalue weighted by molar-refractivity contribution is 7.98. The van der Waals surface area contributed by atoms with E-state index in [9.17, 15) is 0 Å². The van der Waals surface area contributed by atoms with E-state index in [0.717, 1.165) is 28.8 Å². The lowest BCUT2D eigenvalue weighted by molar-refractivity contribution is 0.413. The summed E-state index contributed by atoms with van der Waals surface area (Å²) in [6, 6.07) is 9.39.